The van der Waals surface area contributed by atoms with E-state index in [0.717, 1.165) is 41.8 Å². The first kappa shape index (κ1) is 18.9. The van der Waals surface area contributed by atoms with E-state index in [4.69, 9.17) is 17.3 Å². The number of amides is 1. The lowest BCUT2D eigenvalue weighted by Crippen LogP contribution is -2.53. The van der Waals surface area contributed by atoms with Crippen molar-refractivity contribution in [3.05, 3.63) is 54.4 Å². The van der Waals surface area contributed by atoms with Crippen molar-refractivity contribution in [2.75, 3.05) is 31.1 Å². The van der Waals surface area contributed by atoms with Crippen LogP contribution in [0.5, 0.6) is 0 Å². The summed E-state index contributed by atoms with van der Waals surface area (Å²) in [7, 11) is 0. The number of hydrogen-bond acceptors (Lipinski definition) is 5. The zero-order valence-corrected chi connectivity index (χ0v) is 16.4. The molecule has 2 N–H and O–H groups in total. The zero-order valence-electron chi connectivity index (χ0n) is 15.7. The van der Waals surface area contributed by atoms with E-state index >= 15 is 0 Å². The number of piperazine rings is 1. The molecule has 1 aromatic heterocycles. The van der Waals surface area contributed by atoms with Crippen molar-refractivity contribution < 1.29 is 4.79 Å². The van der Waals surface area contributed by atoms with Crippen LogP contribution in [0, 0.1) is 0 Å². The summed E-state index contributed by atoms with van der Waals surface area (Å²) in [6, 6.07) is 7.47. The molecule has 2 aromatic rings. The highest BCUT2D eigenvalue weighted by molar-refractivity contribution is 6.22. The Bertz CT molecular complexity index is 915. The summed E-state index contributed by atoms with van der Waals surface area (Å²) < 4.78 is 0. The van der Waals surface area contributed by atoms with Gasteiger partial charge in [-0.15, -0.1) is 11.6 Å². The highest BCUT2D eigenvalue weighted by atomic mass is 35.5. The number of hydrogen-bond donors (Lipinski definition) is 1. The lowest BCUT2D eigenvalue weighted by Gasteiger charge is -2.36. The SMILES string of the molecule is NC(CC1=CCC(Cl)C=C1)C(=O)N1CCN(c2ncnc3ccccc23)CC1. The zero-order chi connectivity index (χ0) is 19.5. The van der Waals surface area contributed by atoms with Crippen LogP contribution in [0.2, 0.25) is 0 Å². The van der Waals surface area contributed by atoms with Crippen molar-refractivity contribution in [1.82, 2.24) is 14.9 Å². The number of anilines is 1. The quantitative estimate of drug-likeness (QED) is 0.802. The third-order valence-corrected chi connectivity index (χ3v) is 5.63. The smallest absolute Gasteiger partial charge is 0.239 e. The van der Waals surface area contributed by atoms with E-state index in [0.29, 0.717) is 19.5 Å². The number of para-hydroxylation sites is 1. The van der Waals surface area contributed by atoms with Gasteiger partial charge >= 0.3 is 0 Å². The molecule has 6 nitrogen and oxygen atoms in total. The van der Waals surface area contributed by atoms with Crippen molar-refractivity contribution in [3.8, 4) is 0 Å². The topological polar surface area (TPSA) is 75.4 Å². The fourth-order valence-electron chi connectivity index (χ4n) is 3.75. The molecule has 146 valence electrons. The molecule has 1 saturated heterocycles. The second-order valence-corrected chi connectivity index (χ2v) is 7.79. The van der Waals surface area contributed by atoms with Crippen LogP contribution in [-0.4, -0.2) is 58.4 Å². The van der Waals surface area contributed by atoms with Gasteiger partial charge < -0.3 is 15.5 Å². The molecular weight excluding hydrogens is 374 g/mol. The van der Waals surface area contributed by atoms with E-state index in [1.807, 2.05) is 41.3 Å². The van der Waals surface area contributed by atoms with Gasteiger partial charge in [0.1, 0.15) is 12.1 Å². The van der Waals surface area contributed by atoms with Gasteiger partial charge in [-0.05, 0) is 25.0 Å². The second kappa shape index (κ2) is 8.29. The van der Waals surface area contributed by atoms with Crippen molar-refractivity contribution in [2.45, 2.75) is 24.3 Å². The van der Waals surface area contributed by atoms with Crippen LogP contribution in [0.3, 0.4) is 0 Å². The Hall–Kier alpha value is -2.44. The lowest BCUT2D eigenvalue weighted by molar-refractivity contribution is -0.132. The molecule has 1 aromatic carbocycles. The maximum Gasteiger partial charge on any atom is 0.239 e. The van der Waals surface area contributed by atoms with Crippen LogP contribution in [0.15, 0.2) is 54.4 Å². The van der Waals surface area contributed by atoms with Crippen molar-refractivity contribution in [2.24, 2.45) is 5.73 Å². The molecule has 1 aliphatic carbocycles. The second-order valence-electron chi connectivity index (χ2n) is 7.23. The third-order valence-electron chi connectivity index (χ3n) is 5.31. The van der Waals surface area contributed by atoms with Crippen LogP contribution >= 0.6 is 11.6 Å². The number of aromatic nitrogens is 2. The predicted molar refractivity (Wildman–Crippen MR) is 112 cm³/mol. The van der Waals surface area contributed by atoms with E-state index in [2.05, 4.69) is 20.9 Å². The van der Waals surface area contributed by atoms with Gasteiger partial charge in [0.05, 0.1) is 16.9 Å². The molecule has 2 heterocycles. The minimum Gasteiger partial charge on any atom is -0.352 e. The van der Waals surface area contributed by atoms with Crippen molar-refractivity contribution >= 4 is 34.2 Å². The molecule has 1 fully saturated rings. The molecule has 1 amide bonds. The van der Waals surface area contributed by atoms with E-state index in [1.54, 1.807) is 6.33 Å². The average molecular weight is 398 g/mol. The highest BCUT2D eigenvalue weighted by Crippen LogP contribution is 2.24. The number of nitrogens with zero attached hydrogens (tertiary/aromatic N) is 4. The van der Waals surface area contributed by atoms with Gasteiger partial charge in [-0.2, -0.15) is 0 Å². The monoisotopic (exact) mass is 397 g/mol. The molecule has 0 saturated carbocycles. The van der Waals surface area contributed by atoms with Crippen molar-refractivity contribution in [1.29, 1.82) is 0 Å². The first-order valence-corrected chi connectivity index (χ1v) is 10.1. The molecule has 1 aliphatic heterocycles. The summed E-state index contributed by atoms with van der Waals surface area (Å²) >= 11 is 6.05. The molecule has 0 bridgehead atoms. The predicted octanol–water partition coefficient (Wildman–Crippen LogP) is 2.49. The Morgan fingerprint density at radius 2 is 2.00 bits per heavy atom. The summed E-state index contributed by atoms with van der Waals surface area (Å²) in [5, 5.41) is 1.08. The van der Waals surface area contributed by atoms with Gasteiger partial charge in [-0.1, -0.05) is 35.9 Å². The molecule has 7 heteroatoms. The Kier molecular flexibility index (Phi) is 5.59. The summed E-state index contributed by atoms with van der Waals surface area (Å²) in [4.78, 5) is 25.7. The van der Waals surface area contributed by atoms with Crippen molar-refractivity contribution in [3.63, 3.8) is 0 Å². The maximum absolute atomic E-state index is 12.8. The molecule has 0 spiro atoms. The number of carbonyl (C=O) groups is 1. The van der Waals surface area contributed by atoms with Gasteiger partial charge in [0.2, 0.25) is 5.91 Å². The van der Waals surface area contributed by atoms with E-state index in [9.17, 15) is 4.79 Å². The van der Waals surface area contributed by atoms with Crippen LogP contribution in [-0.2, 0) is 4.79 Å². The van der Waals surface area contributed by atoms with Gasteiger partial charge in [0.15, 0.2) is 0 Å². The number of alkyl halides is 1. The molecule has 4 rings (SSSR count). The molecule has 2 unspecified atom stereocenters. The van der Waals surface area contributed by atoms with Gasteiger partial charge in [0.25, 0.3) is 0 Å². The number of fused-ring (bicyclic) bond motifs is 1. The van der Waals surface area contributed by atoms with Gasteiger partial charge in [-0.25, -0.2) is 9.97 Å². The standard InChI is InChI=1S/C21H24ClN5O/c22-16-7-5-15(6-8-16)13-18(23)21(28)27-11-9-26(10-12-27)20-17-3-1-2-4-19(17)24-14-25-20/h1-7,14,16,18H,8-13,23H2. The fraction of sp³-hybridized carbons (Fsp3) is 0.381. The third kappa shape index (κ3) is 4.03. The number of halogens is 1. The summed E-state index contributed by atoms with van der Waals surface area (Å²) in [5.41, 5.74) is 8.22. The van der Waals surface area contributed by atoms with Crippen LogP contribution in [0.25, 0.3) is 10.9 Å². The molecule has 0 radical (unpaired) electrons. The first-order chi connectivity index (χ1) is 13.6. The number of rotatable bonds is 4. The average Bonchev–Trinajstić information content (AvgIpc) is 2.74. The molecule has 2 atom stereocenters. The molecule has 28 heavy (non-hydrogen) atoms. The van der Waals surface area contributed by atoms with Gasteiger partial charge in [-0.3, -0.25) is 4.79 Å². The van der Waals surface area contributed by atoms with Gasteiger partial charge in [0, 0.05) is 31.6 Å². The highest BCUT2D eigenvalue weighted by Gasteiger charge is 2.27. The molecule has 2 aliphatic rings. The first-order valence-electron chi connectivity index (χ1n) is 9.62. The largest absolute Gasteiger partial charge is 0.352 e. The maximum atomic E-state index is 12.8. The summed E-state index contributed by atoms with van der Waals surface area (Å²) in [6.07, 6.45) is 8.95. The van der Waals surface area contributed by atoms with Crippen LogP contribution in [0.4, 0.5) is 5.82 Å². The molecular formula is C21H24ClN5O. The van der Waals surface area contributed by atoms with E-state index in [-0.39, 0.29) is 11.3 Å². The van der Waals surface area contributed by atoms with Crippen LogP contribution < -0.4 is 10.6 Å². The summed E-state index contributed by atoms with van der Waals surface area (Å²) in [6.45, 7) is 2.75. The minimum absolute atomic E-state index is 0.00879. The minimum atomic E-state index is -0.519. The van der Waals surface area contributed by atoms with Crippen LogP contribution in [0.1, 0.15) is 12.8 Å². The Morgan fingerprint density at radius 3 is 2.75 bits per heavy atom. The number of carbonyl (C=O) groups excluding carboxylic acids is 1. The Morgan fingerprint density at radius 1 is 1.21 bits per heavy atom. The Balaban J connectivity index is 1.37. The van der Waals surface area contributed by atoms with E-state index in [1.165, 1.54) is 0 Å². The number of allylic oxidation sites excluding steroid dienone is 3. The Labute approximate surface area is 169 Å². The number of nitrogens with two attached hydrogens (primary N) is 1. The van der Waals surface area contributed by atoms with E-state index < -0.39 is 6.04 Å². The fourth-order valence-corrected chi connectivity index (χ4v) is 3.91. The lowest BCUT2D eigenvalue weighted by atomic mass is 9.99. The number of benzene rings is 1. The summed E-state index contributed by atoms with van der Waals surface area (Å²) in [5.74, 6) is 0.935. The normalized spacial score (nSPS) is 20.9.